The Hall–Kier alpha value is -5.23. The van der Waals surface area contributed by atoms with Crippen LogP contribution in [-0.2, 0) is 0 Å². The van der Waals surface area contributed by atoms with Gasteiger partial charge in [-0.05, 0) is 84.1 Å². The molecule has 4 aromatic rings. The van der Waals surface area contributed by atoms with E-state index in [0.717, 1.165) is 47.3 Å². The van der Waals surface area contributed by atoms with Crippen LogP contribution in [0.2, 0.25) is 0 Å². The predicted molar refractivity (Wildman–Crippen MR) is 162 cm³/mol. The van der Waals surface area contributed by atoms with Gasteiger partial charge in [-0.3, -0.25) is 9.59 Å². The summed E-state index contributed by atoms with van der Waals surface area (Å²) in [7, 11) is 0. The van der Waals surface area contributed by atoms with Gasteiger partial charge in [0.15, 0.2) is 11.6 Å². The number of ketones is 2. The highest BCUT2D eigenvalue weighted by Crippen LogP contribution is 2.52. The second kappa shape index (κ2) is 10.00. The smallest absolute Gasteiger partial charge is 0.335 e. The van der Waals surface area contributed by atoms with Crippen molar-refractivity contribution in [3.8, 4) is 0 Å². The van der Waals surface area contributed by atoms with Crippen LogP contribution >= 0.6 is 0 Å². The first kappa shape index (κ1) is 25.7. The second-order valence-electron chi connectivity index (χ2n) is 11.1. The summed E-state index contributed by atoms with van der Waals surface area (Å²) in [6, 6.07) is 28.1. The zero-order chi connectivity index (χ0) is 29.0. The monoisotopic (exact) mass is 553 g/mol. The first-order valence-electron chi connectivity index (χ1n) is 14.1. The number of aliphatic hydroxyl groups is 1. The van der Waals surface area contributed by atoms with Crippen molar-refractivity contribution < 1.29 is 24.6 Å². The molecule has 0 saturated heterocycles. The summed E-state index contributed by atoms with van der Waals surface area (Å²) in [6.07, 6.45) is 6.67. The third-order valence-corrected chi connectivity index (χ3v) is 8.62. The average molecular weight is 554 g/mol. The highest BCUT2D eigenvalue weighted by molar-refractivity contribution is 6.41. The minimum Gasteiger partial charge on any atom is -0.507 e. The molecule has 2 N–H and O–H groups in total. The van der Waals surface area contributed by atoms with Crippen LogP contribution < -0.4 is 4.90 Å². The van der Waals surface area contributed by atoms with E-state index >= 15 is 0 Å². The Bertz CT molecular complexity index is 1830. The number of carbonyl (C=O) groups excluding carboxylic acids is 2. The van der Waals surface area contributed by atoms with Gasteiger partial charge in [-0.2, -0.15) is 0 Å². The summed E-state index contributed by atoms with van der Waals surface area (Å²) in [6.45, 7) is 0. The fraction of sp³-hybridized carbons (Fsp3) is 0.139. The lowest BCUT2D eigenvalue weighted by atomic mass is 9.95. The van der Waals surface area contributed by atoms with Crippen molar-refractivity contribution in [2.45, 2.75) is 31.2 Å². The highest BCUT2D eigenvalue weighted by Gasteiger charge is 2.42. The largest absolute Gasteiger partial charge is 0.507 e. The lowest BCUT2D eigenvalue weighted by Crippen LogP contribution is -2.26. The molecule has 2 unspecified atom stereocenters. The molecule has 4 aromatic carbocycles. The zero-order valence-corrected chi connectivity index (χ0v) is 22.7. The van der Waals surface area contributed by atoms with E-state index in [0.29, 0.717) is 12.0 Å². The zero-order valence-electron chi connectivity index (χ0n) is 22.7. The molecular weight excluding hydrogens is 526 g/mol. The molecule has 2 atom stereocenters. The molecule has 42 heavy (non-hydrogen) atoms. The van der Waals surface area contributed by atoms with Gasteiger partial charge in [0.2, 0.25) is 0 Å². The molecule has 1 aliphatic heterocycles. The van der Waals surface area contributed by atoms with Crippen LogP contribution in [0.25, 0.3) is 17.9 Å². The summed E-state index contributed by atoms with van der Waals surface area (Å²) in [5.74, 6) is -1.38. The van der Waals surface area contributed by atoms with Crippen molar-refractivity contribution in [3.05, 3.63) is 136 Å². The number of allylic oxidation sites excluding steroid dienone is 1. The second-order valence-corrected chi connectivity index (χ2v) is 11.1. The van der Waals surface area contributed by atoms with Gasteiger partial charge in [-0.1, -0.05) is 55.0 Å². The number of anilines is 2. The van der Waals surface area contributed by atoms with Crippen LogP contribution in [0, 0.1) is 0 Å². The van der Waals surface area contributed by atoms with E-state index in [1.165, 1.54) is 23.8 Å². The van der Waals surface area contributed by atoms with Crippen LogP contribution in [0.3, 0.4) is 0 Å². The Morgan fingerprint density at radius 2 is 1.50 bits per heavy atom. The number of hydrogen-bond acceptors (Lipinski definition) is 5. The number of aromatic carboxylic acids is 1. The lowest BCUT2D eigenvalue weighted by molar-refractivity contribution is 0.0696. The van der Waals surface area contributed by atoms with E-state index in [4.69, 9.17) is 0 Å². The van der Waals surface area contributed by atoms with E-state index < -0.39 is 11.8 Å². The standard InChI is InChI=1S/C36H27NO5/c38-33(23-5-2-1-3-6-23)19-21-9-13-25(14-10-21)37-31-8-4-7-26(31)28-17-22(11-16-32(28)37)18-30-34(39)27-15-12-24(36(41)42)20-29(27)35(30)40/h1-3,5-6,9-20,26,31,38H,4,7-8H2,(H,41,42)/b30-18+,33-19+. The molecule has 6 heteroatoms. The van der Waals surface area contributed by atoms with Crippen LogP contribution in [-0.4, -0.2) is 33.8 Å². The fourth-order valence-corrected chi connectivity index (χ4v) is 6.64. The quantitative estimate of drug-likeness (QED) is 0.114. The van der Waals surface area contributed by atoms with Crippen molar-refractivity contribution in [1.82, 2.24) is 0 Å². The van der Waals surface area contributed by atoms with Gasteiger partial charge in [0.25, 0.3) is 0 Å². The van der Waals surface area contributed by atoms with E-state index in [-0.39, 0.29) is 33.8 Å². The number of nitrogens with zero attached hydrogens (tertiary/aromatic N) is 1. The van der Waals surface area contributed by atoms with Crippen LogP contribution in [0.4, 0.5) is 11.4 Å². The Kier molecular flexibility index (Phi) is 6.12. The summed E-state index contributed by atoms with van der Waals surface area (Å²) in [5.41, 5.74) is 6.31. The molecule has 206 valence electrons. The maximum absolute atomic E-state index is 13.1. The number of benzene rings is 4. The van der Waals surface area contributed by atoms with Gasteiger partial charge < -0.3 is 15.1 Å². The molecule has 0 bridgehead atoms. The van der Waals surface area contributed by atoms with Gasteiger partial charge in [0.1, 0.15) is 5.76 Å². The molecule has 1 saturated carbocycles. The lowest BCUT2D eigenvalue weighted by Gasteiger charge is -2.27. The Morgan fingerprint density at radius 1 is 0.762 bits per heavy atom. The van der Waals surface area contributed by atoms with E-state index in [1.807, 2.05) is 48.5 Å². The predicted octanol–water partition coefficient (Wildman–Crippen LogP) is 7.69. The molecule has 6 nitrogen and oxygen atoms in total. The molecule has 0 spiro atoms. The number of Topliss-reactive ketones (excluding diaryl/α,β-unsaturated/α-hetero) is 2. The van der Waals surface area contributed by atoms with E-state index in [9.17, 15) is 24.6 Å². The number of aliphatic hydroxyl groups excluding tert-OH is 1. The topological polar surface area (TPSA) is 94.9 Å². The summed E-state index contributed by atoms with van der Waals surface area (Å²) in [5, 5.41) is 19.8. The molecule has 0 radical (unpaired) electrons. The molecule has 3 aliphatic rings. The Labute approximate surface area is 242 Å². The maximum atomic E-state index is 13.1. The Morgan fingerprint density at radius 3 is 2.26 bits per heavy atom. The van der Waals surface area contributed by atoms with Gasteiger partial charge in [0, 0.05) is 40.0 Å². The number of fused-ring (bicyclic) bond motifs is 4. The number of carboxylic acid groups (broad SMARTS) is 1. The van der Waals surface area contributed by atoms with Crippen molar-refractivity contribution in [2.24, 2.45) is 0 Å². The van der Waals surface area contributed by atoms with Gasteiger partial charge in [-0.15, -0.1) is 0 Å². The molecule has 7 rings (SSSR count). The normalized spacial score (nSPS) is 20.1. The van der Waals surface area contributed by atoms with Crippen LogP contribution in [0.5, 0.6) is 0 Å². The molecule has 1 fully saturated rings. The maximum Gasteiger partial charge on any atom is 0.335 e. The third kappa shape index (κ3) is 4.23. The van der Waals surface area contributed by atoms with E-state index in [2.05, 4.69) is 29.2 Å². The van der Waals surface area contributed by atoms with Gasteiger partial charge >= 0.3 is 5.97 Å². The van der Waals surface area contributed by atoms with Gasteiger partial charge in [0.05, 0.1) is 11.1 Å². The number of carboxylic acids is 1. The van der Waals surface area contributed by atoms with Crippen molar-refractivity contribution in [2.75, 3.05) is 4.90 Å². The van der Waals surface area contributed by atoms with Crippen molar-refractivity contribution in [3.63, 3.8) is 0 Å². The number of hydrogen-bond donors (Lipinski definition) is 2. The summed E-state index contributed by atoms with van der Waals surface area (Å²) in [4.78, 5) is 39.9. The average Bonchev–Trinajstić information content (AvgIpc) is 3.67. The highest BCUT2D eigenvalue weighted by atomic mass is 16.4. The summed E-state index contributed by atoms with van der Waals surface area (Å²) >= 11 is 0. The summed E-state index contributed by atoms with van der Waals surface area (Å²) < 4.78 is 0. The van der Waals surface area contributed by atoms with E-state index in [1.54, 1.807) is 12.2 Å². The molecule has 0 amide bonds. The van der Waals surface area contributed by atoms with Crippen LogP contribution in [0.15, 0.2) is 96.6 Å². The Balaban J connectivity index is 1.19. The minimum atomic E-state index is -1.14. The molecule has 1 heterocycles. The van der Waals surface area contributed by atoms with Crippen LogP contribution in [0.1, 0.15) is 78.5 Å². The number of rotatable bonds is 5. The number of carbonyl (C=O) groups is 3. The SMILES string of the molecule is O=C(O)c1ccc2c(c1)C(=O)/C(=C/c1ccc3c(c1)C1CCCC1N3c1ccc(/C=C(/O)c3ccccc3)cc1)C2=O. The third-order valence-electron chi connectivity index (χ3n) is 8.62. The fourth-order valence-electron chi connectivity index (χ4n) is 6.64. The van der Waals surface area contributed by atoms with Gasteiger partial charge in [-0.25, -0.2) is 4.79 Å². The van der Waals surface area contributed by atoms with Crippen molar-refractivity contribution in [1.29, 1.82) is 0 Å². The minimum absolute atomic E-state index is 0.0157. The first-order chi connectivity index (χ1) is 20.4. The first-order valence-corrected chi connectivity index (χ1v) is 14.1. The molecule has 0 aromatic heterocycles. The molecular formula is C36H27NO5. The molecule has 2 aliphatic carbocycles. The van der Waals surface area contributed by atoms with Crippen molar-refractivity contribution >= 4 is 46.8 Å².